The van der Waals surface area contributed by atoms with E-state index in [1.165, 1.54) is 10.4 Å². The molecule has 0 spiro atoms. The van der Waals surface area contributed by atoms with E-state index >= 15 is 0 Å². The molecule has 0 unspecified atom stereocenters. The van der Waals surface area contributed by atoms with E-state index in [1.807, 2.05) is 24.3 Å². The molecule has 0 N–H and O–H groups in total. The largest absolute Gasteiger partial charge is 0.438 e. The summed E-state index contributed by atoms with van der Waals surface area (Å²) in [5.41, 5.74) is 1.23. The standard InChI is InChI=1S/C16H16N2O2S/c1-11-9-14-15(17-10-18-16(14)21-11)20-13-5-3-12(4-6-13)7-8-19-2/h3-6,9-10H,7-8H2,1-2H3. The zero-order valence-electron chi connectivity index (χ0n) is 12.0. The summed E-state index contributed by atoms with van der Waals surface area (Å²) in [4.78, 5) is 10.7. The monoisotopic (exact) mass is 300 g/mol. The van der Waals surface area contributed by atoms with Crippen molar-refractivity contribution in [3.8, 4) is 11.6 Å². The maximum atomic E-state index is 5.89. The van der Waals surface area contributed by atoms with Crippen LogP contribution in [-0.2, 0) is 11.2 Å². The minimum Gasteiger partial charge on any atom is -0.438 e. The maximum absolute atomic E-state index is 5.89. The molecule has 108 valence electrons. The van der Waals surface area contributed by atoms with Crippen molar-refractivity contribution in [1.82, 2.24) is 9.97 Å². The van der Waals surface area contributed by atoms with Crippen molar-refractivity contribution in [3.05, 3.63) is 47.1 Å². The van der Waals surface area contributed by atoms with Gasteiger partial charge in [-0.3, -0.25) is 0 Å². The van der Waals surface area contributed by atoms with Crippen LogP contribution in [-0.4, -0.2) is 23.7 Å². The number of thiophene rings is 1. The van der Waals surface area contributed by atoms with Crippen LogP contribution >= 0.6 is 11.3 Å². The lowest BCUT2D eigenvalue weighted by Gasteiger charge is -2.06. The average Bonchev–Trinajstić information content (AvgIpc) is 2.88. The molecule has 1 aromatic carbocycles. The first-order valence-corrected chi connectivity index (χ1v) is 7.55. The summed E-state index contributed by atoms with van der Waals surface area (Å²) >= 11 is 1.64. The van der Waals surface area contributed by atoms with Crippen molar-refractivity contribution in [2.24, 2.45) is 0 Å². The van der Waals surface area contributed by atoms with Gasteiger partial charge in [-0.1, -0.05) is 12.1 Å². The number of methoxy groups -OCH3 is 1. The topological polar surface area (TPSA) is 44.2 Å². The Bertz CT molecular complexity index is 738. The molecular formula is C16H16N2O2S. The molecule has 0 aliphatic heterocycles. The van der Waals surface area contributed by atoms with Gasteiger partial charge < -0.3 is 9.47 Å². The van der Waals surface area contributed by atoms with Crippen LogP contribution in [0.2, 0.25) is 0 Å². The highest BCUT2D eigenvalue weighted by atomic mass is 32.1. The fourth-order valence-corrected chi connectivity index (χ4v) is 2.93. The van der Waals surface area contributed by atoms with Gasteiger partial charge >= 0.3 is 0 Å². The van der Waals surface area contributed by atoms with Crippen LogP contribution in [0.1, 0.15) is 10.4 Å². The Morgan fingerprint density at radius 1 is 1.14 bits per heavy atom. The fourth-order valence-electron chi connectivity index (χ4n) is 2.09. The third kappa shape index (κ3) is 3.20. The zero-order valence-corrected chi connectivity index (χ0v) is 12.8. The maximum Gasteiger partial charge on any atom is 0.231 e. The quantitative estimate of drug-likeness (QED) is 0.715. The summed E-state index contributed by atoms with van der Waals surface area (Å²) in [5, 5.41) is 0.962. The first-order chi connectivity index (χ1) is 10.3. The molecule has 0 radical (unpaired) electrons. The molecule has 0 atom stereocenters. The van der Waals surface area contributed by atoms with Crippen molar-refractivity contribution in [3.63, 3.8) is 0 Å². The predicted molar refractivity (Wildman–Crippen MR) is 84.2 cm³/mol. The number of benzene rings is 1. The summed E-state index contributed by atoms with van der Waals surface area (Å²) in [6, 6.07) is 10.1. The van der Waals surface area contributed by atoms with Gasteiger partial charge in [-0.05, 0) is 37.1 Å². The Labute approximate surface area is 127 Å². The molecular weight excluding hydrogens is 284 g/mol. The number of hydrogen-bond acceptors (Lipinski definition) is 5. The lowest BCUT2D eigenvalue weighted by molar-refractivity contribution is 0.202. The highest BCUT2D eigenvalue weighted by molar-refractivity contribution is 7.18. The van der Waals surface area contributed by atoms with Gasteiger partial charge in [0.2, 0.25) is 5.88 Å². The van der Waals surface area contributed by atoms with E-state index in [0.717, 1.165) is 29.0 Å². The fraction of sp³-hybridized carbons (Fsp3) is 0.250. The van der Waals surface area contributed by atoms with E-state index in [4.69, 9.17) is 9.47 Å². The Kier molecular flexibility index (Phi) is 4.13. The van der Waals surface area contributed by atoms with E-state index in [0.29, 0.717) is 5.88 Å². The second kappa shape index (κ2) is 6.20. The van der Waals surface area contributed by atoms with E-state index in [1.54, 1.807) is 24.8 Å². The first kappa shape index (κ1) is 14.0. The predicted octanol–water partition coefficient (Wildman–Crippen LogP) is 3.98. The molecule has 0 bridgehead atoms. The normalized spacial score (nSPS) is 11.0. The molecule has 2 heterocycles. The molecule has 0 aliphatic rings. The summed E-state index contributed by atoms with van der Waals surface area (Å²) in [6.45, 7) is 2.78. The highest BCUT2D eigenvalue weighted by Crippen LogP contribution is 2.31. The average molecular weight is 300 g/mol. The van der Waals surface area contributed by atoms with Gasteiger partial charge in [0, 0.05) is 12.0 Å². The molecule has 4 nitrogen and oxygen atoms in total. The SMILES string of the molecule is COCCc1ccc(Oc2ncnc3sc(C)cc23)cc1. The van der Waals surface area contributed by atoms with E-state index in [2.05, 4.69) is 23.0 Å². The highest BCUT2D eigenvalue weighted by Gasteiger charge is 2.09. The van der Waals surface area contributed by atoms with E-state index in [9.17, 15) is 0 Å². The van der Waals surface area contributed by atoms with Gasteiger partial charge in [-0.2, -0.15) is 0 Å². The lowest BCUT2D eigenvalue weighted by atomic mass is 10.1. The Hall–Kier alpha value is -1.98. The molecule has 2 aromatic heterocycles. The van der Waals surface area contributed by atoms with E-state index < -0.39 is 0 Å². The third-order valence-corrected chi connectivity index (χ3v) is 4.11. The number of rotatable bonds is 5. The molecule has 0 saturated heterocycles. The van der Waals surface area contributed by atoms with Crippen molar-refractivity contribution in [2.75, 3.05) is 13.7 Å². The number of hydrogen-bond donors (Lipinski definition) is 0. The molecule has 0 amide bonds. The van der Waals surface area contributed by atoms with Crippen LogP contribution in [0.3, 0.4) is 0 Å². The number of aromatic nitrogens is 2. The van der Waals surface area contributed by atoms with Crippen molar-refractivity contribution in [1.29, 1.82) is 0 Å². The van der Waals surface area contributed by atoms with Crippen LogP contribution in [0, 0.1) is 6.92 Å². The van der Waals surface area contributed by atoms with E-state index in [-0.39, 0.29) is 0 Å². The Morgan fingerprint density at radius 3 is 2.71 bits per heavy atom. The molecule has 0 saturated carbocycles. The summed E-state index contributed by atoms with van der Waals surface area (Å²) < 4.78 is 11.0. The number of fused-ring (bicyclic) bond motifs is 1. The zero-order chi connectivity index (χ0) is 14.7. The molecule has 3 aromatic rings. The minimum absolute atomic E-state index is 0.606. The van der Waals surface area contributed by atoms with Crippen molar-refractivity contribution < 1.29 is 9.47 Å². The minimum atomic E-state index is 0.606. The van der Waals surface area contributed by atoms with Crippen LogP contribution in [0.15, 0.2) is 36.7 Å². The first-order valence-electron chi connectivity index (χ1n) is 6.73. The van der Waals surface area contributed by atoms with Crippen LogP contribution < -0.4 is 4.74 Å². The van der Waals surface area contributed by atoms with Gasteiger partial charge in [0.05, 0.1) is 12.0 Å². The van der Waals surface area contributed by atoms with Gasteiger partial charge in [0.25, 0.3) is 0 Å². The van der Waals surface area contributed by atoms with Crippen molar-refractivity contribution in [2.45, 2.75) is 13.3 Å². The number of nitrogens with zero attached hydrogens (tertiary/aromatic N) is 2. The second-order valence-corrected chi connectivity index (χ2v) is 5.98. The molecule has 0 aliphatic carbocycles. The third-order valence-electron chi connectivity index (χ3n) is 3.15. The molecule has 21 heavy (non-hydrogen) atoms. The van der Waals surface area contributed by atoms with Crippen LogP contribution in [0.25, 0.3) is 10.2 Å². The molecule has 0 fully saturated rings. The molecule has 5 heteroatoms. The van der Waals surface area contributed by atoms with Crippen LogP contribution in [0.4, 0.5) is 0 Å². The lowest BCUT2D eigenvalue weighted by Crippen LogP contribution is -1.94. The second-order valence-electron chi connectivity index (χ2n) is 4.74. The van der Waals surface area contributed by atoms with Gasteiger partial charge in [0.15, 0.2) is 0 Å². The van der Waals surface area contributed by atoms with Crippen LogP contribution in [0.5, 0.6) is 11.6 Å². The summed E-state index contributed by atoms with van der Waals surface area (Å²) in [6.07, 6.45) is 2.44. The van der Waals surface area contributed by atoms with Gasteiger partial charge in [0.1, 0.15) is 16.9 Å². The Morgan fingerprint density at radius 2 is 1.95 bits per heavy atom. The molecule has 3 rings (SSSR count). The summed E-state index contributed by atoms with van der Waals surface area (Å²) in [5.74, 6) is 1.38. The smallest absolute Gasteiger partial charge is 0.231 e. The van der Waals surface area contributed by atoms with Gasteiger partial charge in [-0.15, -0.1) is 11.3 Å². The number of ether oxygens (including phenoxy) is 2. The Balaban J connectivity index is 1.81. The van der Waals surface area contributed by atoms with Crippen molar-refractivity contribution >= 4 is 21.6 Å². The summed E-state index contributed by atoms with van der Waals surface area (Å²) in [7, 11) is 1.71. The number of aryl methyl sites for hydroxylation is 1. The van der Waals surface area contributed by atoms with Gasteiger partial charge in [-0.25, -0.2) is 9.97 Å².